The van der Waals surface area contributed by atoms with Crippen molar-refractivity contribution in [2.75, 3.05) is 7.11 Å². The Bertz CT molecular complexity index is 366. The van der Waals surface area contributed by atoms with Crippen LogP contribution in [0.3, 0.4) is 0 Å². The number of carbonyl (C=O) groups is 1. The summed E-state index contributed by atoms with van der Waals surface area (Å²) in [6.45, 7) is 0. The topological polar surface area (TPSA) is 38.7 Å². The van der Waals surface area contributed by atoms with Gasteiger partial charge in [-0.25, -0.2) is 0 Å². The maximum Gasteiger partial charge on any atom is 0.309 e. The van der Waals surface area contributed by atoms with E-state index >= 15 is 0 Å². The Morgan fingerprint density at radius 3 is 2.64 bits per heavy atom. The number of thiocarbonyl (C=S) groups is 1. The molecule has 0 radical (unpaired) electrons. The van der Waals surface area contributed by atoms with Crippen LogP contribution in [-0.4, -0.2) is 18.2 Å². The van der Waals surface area contributed by atoms with Crippen molar-refractivity contribution in [3.05, 3.63) is 29.8 Å². The molecular formula is C10H9NO2S. The summed E-state index contributed by atoms with van der Waals surface area (Å²) in [4.78, 5) is 14.7. The summed E-state index contributed by atoms with van der Waals surface area (Å²) in [5.74, 6) is -0.254. The van der Waals surface area contributed by atoms with E-state index in [4.69, 9.17) is 0 Å². The largest absolute Gasteiger partial charge is 0.469 e. The van der Waals surface area contributed by atoms with Crippen LogP contribution >= 0.6 is 12.2 Å². The summed E-state index contributed by atoms with van der Waals surface area (Å²) in [6.07, 6.45) is 0.276. The van der Waals surface area contributed by atoms with Crippen LogP contribution in [0.4, 0.5) is 5.69 Å². The summed E-state index contributed by atoms with van der Waals surface area (Å²) >= 11 is 4.46. The van der Waals surface area contributed by atoms with Gasteiger partial charge in [-0.15, -0.1) is 0 Å². The Kier molecular flexibility index (Phi) is 3.98. The third kappa shape index (κ3) is 3.09. The van der Waals surface area contributed by atoms with Gasteiger partial charge in [0.15, 0.2) is 0 Å². The smallest absolute Gasteiger partial charge is 0.309 e. The van der Waals surface area contributed by atoms with Gasteiger partial charge in [-0.05, 0) is 29.9 Å². The molecule has 14 heavy (non-hydrogen) atoms. The second-order valence-electron chi connectivity index (χ2n) is 2.62. The zero-order valence-electron chi connectivity index (χ0n) is 7.69. The molecule has 0 aromatic heterocycles. The average Bonchev–Trinajstić information content (AvgIpc) is 2.21. The Labute approximate surface area is 87.4 Å². The standard InChI is InChI=1S/C10H9NO2S/c1-13-10(12)6-8-2-4-9(5-3-8)11-7-14/h2-5H,6H2,1H3. The van der Waals surface area contributed by atoms with Gasteiger partial charge in [-0.2, -0.15) is 4.99 Å². The fourth-order valence-corrected chi connectivity index (χ4v) is 1.09. The summed E-state index contributed by atoms with van der Waals surface area (Å²) in [6, 6.07) is 7.17. The SMILES string of the molecule is COC(=O)Cc1ccc(N=C=S)cc1. The zero-order valence-corrected chi connectivity index (χ0v) is 8.50. The summed E-state index contributed by atoms with van der Waals surface area (Å²) in [5.41, 5.74) is 1.62. The minimum atomic E-state index is -0.254. The molecule has 0 bridgehead atoms. The first-order chi connectivity index (χ1) is 6.76. The van der Waals surface area contributed by atoms with Gasteiger partial charge in [-0.3, -0.25) is 4.79 Å². The fraction of sp³-hybridized carbons (Fsp3) is 0.200. The summed E-state index contributed by atoms with van der Waals surface area (Å²) in [5, 5.41) is 2.27. The molecule has 4 heteroatoms. The maximum absolute atomic E-state index is 10.9. The molecule has 3 nitrogen and oxygen atoms in total. The number of aliphatic imine (C=N–C) groups is 1. The first kappa shape index (κ1) is 10.6. The number of carbonyl (C=O) groups excluding carboxylic acids is 1. The molecule has 0 N–H and O–H groups in total. The minimum absolute atomic E-state index is 0.254. The van der Waals surface area contributed by atoms with E-state index in [2.05, 4.69) is 27.1 Å². The van der Waals surface area contributed by atoms with Crippen molar-refractivity contribution in [1.29, 1.82) is 0 Å². The van der Waals surface area contributed by atoms with E-state index in [1.165, 1.54) is 7.11 Å². The zero-order chi connectivity index (χ0) is 10.4. The van der Waals surface area contributed by atoms with Crippen LogP contribution in [0.25, 0.3) is 0 Å². The number of hydrogen-bond donors (Lipinski definition) is 0. The number of rotatable bonds is 3. The van der Waals surface area contributed by atoms with Crippen LogP contribution in [0.1, 0.15) is 5.56 Å². The quantitative estimate of drug-likeness (QED) is 0.433. The van der Waals surface area contributed by atoms with E-state index in [1.54, 1.807) is 12.1 Å². The number of hydrogen-bond acceptors (Lipinski definition) is 4. The van der Waals surface area contributed by atoms with E-state index in [1.807, 2.05) is 12.1 Å². The van der Waals surface area contributed by atoms with Crippen LogP contribution in [-0.2, 0) is 16.0 Å². The highest BCUT2D eigenvalue weighted by Crippen LogP contribution is 2.12. The minimum Gasteiger partial charge on any atom is -0.469 e. The van der Waals surface area contributed by atoms with Crippen molar-refractivity contribution in [2.24, 2.45) is 4.99 Å². The first-order valence-electron chi connectivity index (χ1n) is 4.00. The molecular weight excluding hydrogens is 198 g/mol. The third-order valence-corrected chi connectivity index (χ3v) is 1.78. The van der Waals surface area contributed by atoms with Gasteiger partial charge in [0.2, 0.25) is 0 Å². The highest BCUT2D eigenvalue weighted by molar-refractivity contribution is 7.78. The number of esters is 1. The Hall–Kier alpha value is -1.51. The average molecular weight is 207 g/mol. The predicted octanol–water partition coefficient (Wildman–Crippen LogP) is 2.14. The molecule has 0 saturated heterocycles. The molecule has 0 heterocycles. The lowest BCUT2D eigenvalue weighted by Gasteiger charge is -1.99. The molecule has 0 aliphatic rings. The third-order valence-electron chi connectivity index (χ3n) is 1.69. The van der Waals surface area contributed by atoms with Crippen molar-refractivity contribution in [3.8, 4) is 0 Å². The number of isothiocyanates is 1. The van der Waals surface area contributed by atoms with Crippen molar-refractivity contribution < 1.29 is 9.53 Å². The normalized spacial score (nSPS) is 8.93. The highest BCUT2D eigenvalue weighted by Gasteiger charge is 2.01. The molecule has 1 aromatic carbocycles. The summed E-state index contributed by atoms with van der Waals surface area (Å²) in [7, 11) is 1.37. The van der Waals surface area contributed by atoms with Gasteiger partial charge in [0, 0.05) is 0 Å². The van der Waals surface area contributed by atoms with Crippen molar-refractivity contribution >= 4 is 29.0 Å². The molecule has 1 aromatic rings. The molecule has 1 rings (SSSR count). The van der Waals surface area contributed by atoms with Gasteiger partial charge < -0.3 is 4.74 Å². The molecule has 0 fully saturated rings. The fourth-order valence-electron chi connectivity index (χ4n) is 0.980. The maximum atomic E-state index is 10.9. The summed E-state index contributed by atoms with van der Waals surface area (Å²) < 4.78 is 4.54. The van der Waals surface area contributed by atoms with Crippen molar-refractivity contribution in [2.45, 2.75) is 6.42 Å². The highest BCUT2D eigenvalue weighted by atomic mass is 32.1. The van der Waals surface area contributed by atoms with Gasteiger partial charge in [0.05, 0.1) is 24.4 Å². The lowest BCUT2D eigenvalue weighted by atomic mass is 10.1. The van der Waals surface area contributed by atoms with Gasteiger partial charge in [-0.1, -0.05) is 12.1 Å². The molecule has 0 amide bonds. The van der Waals surface area contributed by atoms with E-state index in [0.29, 0.717) is 0 Å². The molecule has 0 unspecified atom stereocenters. The van der Waals surface area contributed by atoms with Crippen LogP contribution in [0.5, 0.6) is 0 Å². The second kappa shape index (κ2) is 5.27. The number of nitrogens with zero attached hydrogens (tertiary/aromatic N) is 1. The molecule has 0 spiro atoms. The Morgan fingerprint density at radius 2 is 2.14 bits per heavy atom. The second-order valence-corrected chi connectivity index (χ2v) is 2.81. The van der Waals surface area contributed by atoms with Crippen molar-refractivity contribution in [1.82, 2.24) is 0 Å². The van der Waals surface area contributed by atoms with E-state index in [9.17, 15) is 4.79 Å². The van der Waals surface area contributed by atoms with Gasteiger partial charge in [0.25, 0.3) is 0 Å². The van der Waals surface area contributed by atoms with Crippen molar-refractivity contribution in [3.63, 3.8) is 0 Å². The molecule has 0 saturated carbocycles. The molecule has 0 atom stereocenters. The van der Waals surface area contributed by atoms with E-state index in [0.717, 1.165) is 11.3 Å². The Morgan fingerprint density at radius 1 is 1.50 bits per heavy atom. The monoisotopic (exact) mass is 207 g/mol. The number of ether oxygens (including phenoxy) is 1. The molecule has 0 aliphatic heterocycles. The van der Waals surface area contributed by atoms with Crippen LogP contribution < -0.4 is 0 Å². The lowest BCUT2D eigenvalue weighted by molar-refractivity contribution is -0.139. The first-order valence-corrected chi connectivity index (χ1v) is 4.40. The van der Waals surface area contributed by atoms with E-state index in [-0.39, 0.29) is 12.4 Å². The molecule has 72 valence electrons. The Balaban J connectivity index is 2.73. The van der Waals surface area contributed by atoms with Crippen LogP contribution in [0, 0.1) is 0 Å². The molecule has 0 aliphatic carbocycles. The lowest BCUT2D eigenvalue weighted by Crippen LogP contribution is -2.03. The van der Waals surface area contributed by atoms with Crippen LogP contribution in [0.2, 0.25) is 0 Å². The van der Waals surface area contributed by atoms with Gasteiger partial charge >= 0.3 is 5.97 Å². The predicted molar refractivity (Wildman–Crippen MR) is 56.8 cm³/mol. The van der Waals surface area contributed by atoms with Gasteiger partial charge in [0.1, 0.15) is 0 Å². The van der Waals surface area contributed by atoms with Crippen LogP contribution in [0.15, 0.2) is 29.3 Å². The number of methoxy groups -OCH3 is 1. The number of benzene rings is 1. The van der Waals surface area contributed by atoms with E-state index < -0.39 is 0 Å².